The number of halogens is 1. The van der Waals surface area contributed by atoms with Gasteiger partial charge in [-0.25, -0.2) is 10.6 Å². The molecule has 7 nitrogen and oxygen atoms in total. The van der Waals surface area contributed by atoms with Gasteiger partial charge in [0.05, 0.1) is 18.9 Å². The van der Waals surface area contributed by atoms with Crippen molar-refractivity contribution in [3.05, 3.63) is 46.8 Å². The molecule has 1 rings (SSSR count). The van der Waals surface area contributed by atoms with Crippen molar-refractivity contribution in [3.8, 4) is 0 Å². The van der Waals surface area contributed by atoms with Crippen molar-refractivity contribution in [1.82, 2.24) is 5.32 Å². The fourth-order valence-electron chi connectivity index (χ4n) is 4.12. The Balaban J connectivity index is 3.78. The Hall–Kier alpha value is -2.35. The van der Waals surface area contributed by atoms with E-state index in [1.54, 1.807) is 38.5 Å². The van der Waals surface area contributed by atoms with Gasteiger partial charge in [0.25, 0.3) is 0 Å². The summed E-state index contributed by atoms with van der Waals surface area (Å²) in [4.78, 5) is 25.2. The fourth-order valence-corrected chi connectivity index (χ4v) is 4.35. The summed E-state index contributed by atoms with van der Waals surface area (Å²) in [6, 6.07) is 5.35. The number of hydrazine groups is 1. The zero-order valence-electron chi connectivity index (χ0n) is 20.7. The summed E-state index contributed by atoms with van der Waals surface area (Å²) in [6.45, 7) is 8.95. The molecule has 1 aromatic rings. The number of hydrogen-bond acceptors (Lipinski definition) is 7. The van der Waals surface area contributed by atoms with Gasteiger partial charge in [-0.1, -0.05) is 32.4 Å². The Morgan fingerprint density at radius 3 is 2.39 bits per heavy atom. The van der Waals surface area contributed by atoms with Gasteiger partial charge in [0.15, 0.2) is 0 Å². The fraction of sp³-hybridized carbons (Fsp3) is 0.520. The third-order valence-electron chi connectivity index (χ3n) is 5.89. The molecule has 0 spiro atoms. The topological polar surface area (TPSA) is 105 Å². The first kappa shape index (κ1) is 28.7. The van der Waals surface area contributed by atoms with Crippen LogP contribution in [0.1, 0.15) is 53.0 Å². The van der Waals surface area contributed by atoms with Gasteiger partial charge in [-0.15, -0.1) is 0 Å². The van der Waals surface area contributed by atoms with Crippen LogP contribution >= 0.6 is 11.6 Å². The number of methoxy groups -OCH3 is 1. The Labute approximate surface area is 202 Å². The van der Waals surface area contributed by atoms with Crippen LogP contribution in [0.3, 0.4) is 0 Å². The third-order valence-corrected chi connectivity index (χ3v) is 6.11. The van der Waals surface area contributed by atoms with Crippen LogP contribution in [0.15, 0.2) is 36.2 Å². The smallest absolute Gasteiger partial charge is 0.334 e. The molecular formula is C25H38ClN3O4. The van der Waals surface area contributed by atoms with Gasteiger partial charge in [0.1, 0.15) is 5.78 Å². The van der Waals surface area contributed by atoms with Gasteiger partial charge in [-0.3, -0.25) is 9.80 Å². The molecule has 33 heavy (non-hydrogen) atoms. The van der Waals surface area contributed by atoms with Crippen LogP contribution in [0.25, 0.3) is 5.57 Å². The number of nitrogens with one attached hydrogen (secondary N) is 1. The van der Waals surface area contributed by atoms with E-state index in [4.69, 9.17) is 22.2 Å². The normalized spacial score (nSPS) is 15.9. The molecule has 0 saturated heterocycles. The van der Waals surface area contributed by atoms with E-state index in [-0.39, 0.29) is 17.6 Å². The maximum atomic E-state index is 12.9. The lowest BCUT2D eigenvalue weighted by atomic mass is 9.78. The molecule has 4 unspecified atom stereocenters. The summed E-state index contributed by atoms with van der Waals surface area (Å²) in [6.07, 6.45) is 3.61. The van der Waals surface area contributed by atoms with Crippen molar-refractivity contribution in [3.63, 3.8) is 0 Å². The van der Waals surface area contributed by atoms with Crippen LogP contribution in [0.4, 0.5) is 5.69 Å². The van der Waals surface area contributed by atoms with Crippen LogP contribution in [0.5, 0.6) is 0 Å². The van der Waals surface area contributed by atoms with E-state index in [9.17, 15) is 14.7 Å². The Bertz CT molecular complexity index is 882. The number of hydrogen-bond donors (Lipinski definition) is 3. The number of ether oxygens (including phenoxy) is 1. The van der Waals surface area contributed by atoms with Gasteiger partial charge < -0.3 is 15.2 Å². The lowest BCUT2D eigenvalue weighted by Crippen LogP contribution is -2.31. The highest BCUT2D eigenvalue weighted by Gasteiger charge is 2.30. The molecule has 0 aromatic heterocycles. The van der Waals surface area contributed by atoms with E-state index in [2.05, 4.69) is 5.32 Å². The second-order valence-corrected chi connectivity index (χ2v) is 8.90. The average molecular weight is 480 g/mol. The van der Waals surface area contributed by atoms with Gasteiger partial charge in [0.2, 0.25) is 0 Å². The quantitative estimate of drug-likeness (QED) is 0.178. The molecule has 0 fully saturated rings. The van der Waals surface area contributed by atoms with E-state index in [0.29, 0.717) is 28.3 Å². The van der Waals surface area contributed by atoms with E-state index in [1.165, 1.54) is 19.0 Å². The second-order valence-electron chi connectivity index (χ2n) is 8.46. The Morgan fingerprint density at radius 1 is 1.27 bits per heavy atom. The number of Topliss-reactive ketones (excluding diaryl/α,β-unsaturated/α-hetero) is 1. The van der Waals surface area contributed by atoms with Crippen LogP contribution in [0, 0.1) is 17.8 Å². The molecular weight excluding hydrogens is 442 g/mol. The van der Waals surface area contributed by atoms with Crippen LogP contribution < -0.4 is 16.2 Å². The number of nitrogens with two attached hydrogens (primary N) is 1. The SMILES string of the molecule is CCC(C)/C(C(=O)OC)=C(\CC(C)C(C(C)=O)C(C)O)c1cc(Cl)cc(N(N)/C=C\NC)c1. The number of benzene rings is 1. The number of esters is 1. The number of rotatable bonds is 12. The molecule has 0 amide bonds. The molecule has 0 aliphatic heterocycles. The molecule has 1 aromatic carbocycles. The van der Waals surface area contributed by atoms with E-state index in [1.807, 2.05) is 26.8 Å². The first-order chi connectivity index (χ1) is 15.5. The number of nitrogens with zero attached hydrogens (tertiary/aromatic N) is 1. The summed E-state index contributed by atoms with van der Waals surface area (Å²) < 4.78 is 5.14. The maximum absolute atomic E-state index is 12.9. The highest BCUT2D eigenvalue weighted by molar-refractivity contribution is 6.31. The minimum Gasteiger partial charge on any atom is -0.466 e. The Kier molecular flexibility index (Phi) is 11.6. The van der Waals surface area contributed by atoms with E-state index < -0.39 is 18.0 Å². The number of carbonyl (C=O) groups is 2. The molecule has 4 atom stereocenters. The van der Waals surface area contributed by atoms with Crippen LogP contribution in [-0.2, 0) is 14.3 Å². The van der Waals surface area contributed by atoms with Gasteiger partial charge in [0, 0.05) is 36.0 Å². The first-order valence-electron chi connectivity index (χ1n) is 11.2. The predicted octanol–water partition coefficient (Wildman–Crippen LogP) is 4.30. The molecule has 0 bridgehead atoms. The molecule has 0 heterocycles. The van der Waals surface area contributed by atoms with Crippen molar-refractivity contribution in [2.75, 3.05) is 19.2 Å². The first-order valence-corrected chi connectivity index (χ1v) is 11.5. The largest absolute Gasteiger partial charge is 0.466 e. The summed E-state index contributed by atoms with van der Waals surface area (Å²) >= 11 is 6.45. The van der Waals surface area contributed by atoms with Gasteiger partial charge >= 0.3 is 5.97 Å². The van der Waals surface area contributed by atoms with Crippen molar-refractivity contribution in [2.45, 2.75) is 53.6 Å². The number of ketones is 1. The highest BCUT2D eigenvalue weighted by atomic mass is 35.5. The zero-order chi connectivity index (χ0) is 25.3. The molecule has 184 valence electrons. The van der Waals surface area contributed by atoms with Crippen molar-refractivity contribution >= 4 is 34.6 Å². The monoisotopic (exact) mass is 479 g/mol. The summed E-state index contributed by atoms with van der Waals surface area (Å²) in [7, 11) is 3.12. The minimum absolute atomic E-state index is 0.0948. The minimum atomic E-state index is -0.815. The highest BCUT2D eigenvalue weighted by Crippen LogP contribution is 2.37. The number of allylic oxidation sites excluding steroid dienone is 1. The van der Waals surface area contributed by atoms with Crippen molar-refractivity contribution in [1.29, 1.82) is 0 Å². The number of carbonyl (C=O) groups excluding carboxylic acids is 2. The van der Waals surface area contributed by atoms with Crippen LogP contribution in [0.2, 0.25) is 5.02 Å². The second kappa shape index (κ2) is 13.4. The van der Waals surface area contributed by atoms with Crippen LogP contribution in [-0.4, -0.2) is 37.1 Å². The molecule has 4 N–H and O–H groups in total. The van der Waals surface area contributed by atoms with E-state index in [0.717, 1.165) is 12.0 Å². The van der Waals surface area contributed by atoms with Gasteiger partial charge in [-0.2, -0.15) is 0 Å². The summed E-state index contributed by atoms with van der Waals surface area (Å²) in [5, 5.41) is 15.0. The number of anilines is 1. The summed E-state index contributed by atoms with van der Waals surface area (Å²) in [5.74, 6) is 4.73. The number of aliphatic hydroxyl groups is 1. The predicted molar refractivity (Wildman–Crippen MR) is 134 cm³/mol. The lowest BCUT2D eigenvalue weighted by molar-refractivity contribution is -0.136. The lowest BCUT2D eigenvalue weighted by Gasteiger charge is -2.28. The molecule has 0 aliphatic carbocycles. The van der Waals surface area contributed by atoms with E-state index >= 15 is 0 Å². The average Bonchev–Trinajstić information content (AvgIpc) is 2.75. The zero-order valence-corrected chi connectivity index (χ0v) is 21.4. The standard InChI is InChI=1S/C25H38ClN3O4/c1-8-15(2)24(25(32)33-7)22(11-16(3)23(17(4)30)18(5)31)19-12-20(26)14-21(13-19)29(27)10-9-28-6/h9-10,12-17,23,28,30H,8,11,27H2,1-7H3/b10-9-,24-22-. The molecule has 0 aliphatic rings. The van der Waals surface area contributed by atoms with Gasteiger partial charge in [-0.05, 0) is 67.9 Å². The number of aliphatic hydroxyl groups excluding tert-OH is 1. The molecule has 0 saturated carbocycles. The molecule has 8 heteroatoms. The van der Waals surface area contributed by atoms with Crippen molar-refractivity contribution < 1.29 is 19.4 Å². The maximum Gasteiger partial charge on any atom is 0.334 e. The summed E-state index contributed by atoms with van der Waals surface area (Å²) in [5.41, 5.74) is 2.60. The molecule has 0 radical (unpaired) electrons. The van der Waals surface area contributed by atoms with Crippen molar-refractivity contribution in [2.24, 2.45) is 23.6 Å². The third kappa shape index (κ3) is 7.88. The Morgan fingerprint density at radius 2 is 1.91 bits per heavy atom.